The van der Waals surface area contributed by atoms with E-state index in [2.05, 4.69) is 125 Å². The summed E-state index contributed by atoms with van der Waals surface area (Å²) < 4.78 is 4.42. The number of halogens is 2. The molecule has 0 saturated carbocycles. The molecule has 214 valence electrons. The quantitative estimate of drug-likeness (QED) is 0.239. The van der Waals surface area contributed by atoms with Crippen molar-refractivity contribution in [3.63, 3.8) is 0 Å². The molecule has 0 bridgehead atoms. The van der Waals surface area contributed by atoms with Crippen LogP contribution in [-0.4, -0.2) is 0 Å². The van der Waals surface area contributed by atoms with E-state index in [9.17, 15) is 0 Å². The first-order chi connectivity index (χ1) is 19.5. The molecule has 1 heterocycles. The fourth-order valence-electron chi connectivity index (χ4n) is 8.30. The second kappa shape index (κ2) is 12.4. The van der Waals surface area contributed by atoms with Gasteiger partial charge >= 0.3 is 246 Å². The first-order valence-corrected chi connectivity index (χ1v) is 24.6. The van der Waals surface area contributed by atoms with E-state index in [1.54, 1.807) is 22.3 Å². The summed E-state index contributed by atoms with van der Waals surface area (Å²) in [4.78, 5) is 0. The van der Waals surface area contributed by atoms with Crippen LogP contribution in [0, 0.1) is 0 Å². The van der Waals surface area contributed by atoms with E-state index in [1.165, 1.54) is 59.3 Å². The van der Waals surface area contributed by atoms with E-state index in [4.69, 9.17) is 0 Å². The Balaban J connectivity index is 0.00000176. The van der Waals surface area contributed by atoms with Crippen LogP contribution in [0.2, 0.25) is 8.35 Å². The Morgan fingerprint density at radius 3 is 1.31 bits per heavy atom. The van der Waals surface area contributed by atoms with Crippen molar-refractivity contribution in [2.75, 3.05) is 0 Å². The Kier molecular flexibility index (Phi) is 9.25. The molecule has 2 atom stereocenters. The maximum Gasteiger partial charge on any atom is -1.00 e. The molecule has 4 aromatic rings. The predicted octanol–water partition coefficient (Wildman–Crippen LogP) is 5.16. The van der Waals surface area contributed by atoms with Gasteiger partial charge in [-0.15, -0.1) is 0 Å². The Bertz CT molecular complexity index is 1540. The minimum Gasteiger partial charge on any atom is -1.00 e. The van der Waals surface area contributed by atoms with Gasteiger partial charge in [-0.25, -0.2) is 0 Å². The fourth-order valence-corrected chi connectivity index (χ4v) is 31.2. The number of fused-ring (bicyclic) bond motifs is 2. The van der Waals surface area contributed by atoms with Crippen LogP contribution in [0.15, 0.2) is 96.1 Å². The third-order valence-corrected chi connectivity index (χ3v) is 33.3. The molecule has 3 heteroatoms. The molecule has 42 heavy (non-hydrogen) atoms. The summed E-state index contributed by atoms with van der Waals surface area (Å²) in [5.41, 5.74) is 18.0. The van der Waals surface area contributed by atoms with Crippen molar-refractivity contribution in [3.8, 4) is 22.3 Å². The molecule has 1 fully saturated rings. The van der Waals surface area contributed by atoms with Gasteiger partial charge < -0.3 is 24.8 Å². The van der Waals surface area contributed by atoms with Crippen molar-refractivity contribution >= 4 is 12.2 Å². The fraction of sp³-hybridized carbons (Fsp3) is 0.282. The van der Waals surface area contributed by atoms with Gasteiger partial charge in [0.05, 0.1) is 0 Å². The molecule has 0 spiro atoms. The molecule has 1 saturated heterocycles. The summed E-state index contributed by atoms with van der Waals surface area (Å²) in [5, 5.41) is 0. The van der Waals surface area contributed by atoms with E-state index in [1.807, 2.05) is 0 Å². The molecule has 0 radical (unpaired) electrons. The summed E-state index contributed by atoms with van der Waals surface area (Å²) in [5.74, 6) is 0. The first-order valence-electron chi connectivity index (χ1n) is 15.3. The Morgan fingerprint density at radius 2 is 0.976 bits per heavy atom. The van der Waals surface area contributed by atoms with Crippen LogP contribution in [0.5, 0.6) is 0 Å². The van der Waals surface area contributed by atoms with Crippen molar-refractivity contribution < 1.29 is 44.8 Å². The number of hydrogen-bond donors (Lipinski definition) is 0. The summed E-state index contributed by atoms with van der Waals surface area (Å²) in [6.45, 7) is 9.38. The van der Waals surface area contributed by atoms with Crippen molar-refractivity contribution in [1.29, 1.82) is 0 Å². The summed E-state index contributed by atoms with van der Waals surface area (Å²) in [7, 11) is 0. The number of aryl methyl sites for hydroxylation is 2. The Morgan fingerprint density at radius 1 is 0.571 bits per heavy atom. The zero-order chi connectivity index (χ0) is 27.4. The summed E-state index contributed by atoms with van der Waals surface area (Å²) >= 11 is -2.90. The van der Waals surface area contributed by atoms with Crippen LogP contribution in [0.4, 0.5) is 0 Å². The molecule has 7 rings (SSSR count). The van der Waals surface area contributed by atoms with E-state index >= 15 is 0 Å². The van der Waals surface area contributed by atoms with Crippen LogP contribution in [-0.2, 0) is 32.8 Å². The largest absolute Gasteiger partial charge is 1.00 e. The zero-order valence-electron chi connectivity index (χ0n) is 25.2. The Hall–Kier alpha value is -2.19. The number of allylic oxidation sites excluding steroid dienone is 2. The van der Waals surface area contributed by atoms with Crippen LogP contribution in [0.25, 0.3) is 34.4 Å². The zero-order valence-corrected chi connectivity index (χ0v) is 30.3. The van der Waals surface area contributed by atoms with Crippen molar-refractivity contribution in [1.82, 2.24) is 0 Å². The monoisotopic (exact) mass is 758 g/mol. The first kappa shape index (κ1) is 31.2. The van der Waals surface area contributed by atoms with Crippen LogP contribution in [0.3, 0.4) is 0 Å². The van der Waals surface area contributed by atoms with Gasteiger partial charge in [0.1, 0.15) is 0 Å². The van der Waals surface area contributed by atoms with Gasteiger partial charge in [-0.1, -0.05) is 0 Å². The average Bonchev–Trinajstić information content (AvgIpc) is 3.49. The van der Waals surface area contributed by atoms with Gasteiger partial charge in [0.15, 0.2) is 0 Å². The topological polar surface area (TPSA) is 0 Å². The second-order valence-corrected chi connectivity index (χ2v) is 29.0. The van der Waals surface area contributed by atoms with Gasteiger partial charge in [-0.05, 0) is 0 Å². The van der Waals surface area contributed by atoms with E-state index < -0.39 is 20.0 Å². The molecule has 0 amide bonds. The standard InChI is InChI=1S/2C18H17.C3H6.2ClH.Hf/c2*1-3-14-7-9-15(10-8-14)17-6-4-5-16-11-13(2)12-18(16)17;1-3-2;;;/h2*4-12H,3H2,1-2H3;1-3H2;2*1H;/q;;;;;+2/p-2. The maximum absolute atomic E-state index is 2.90. The number of hydrogen-bond acceptors (Lipinski definition) is 0. The molecule has 4 aromatic carbocycles. The minimum atomic E-state index is -2.90. The molecule has 1 aliphatic heterocycles. The number of rotatable bonds is 6. The predicted molar refractivity (Wildman–Crippen MR) is 170 cm³/mol. The summed E-state index contributed by atoms with van der Waals surface area (Å²) in [6, 6.07) is 32.9. The van der Waals surface area contributed by atoms with E-state index in [-0.39, 0.29) is 24.8 Å². The van der Waals surface area contributed by atoms with Crippen LogP contribution in [0.1, 0.15) is 74.8 Å². The van der Waals surface area contributed by atoms with Crippen LogP contribution >= 0.6 is 0 Å². The minimum absolute atomic E-state index is 0. The molecule has 2 aliphatic carbocycles. The third kappa shape index (κ3) is 4.94. The van der Waals surface area contributed by atoms with Gasteiger partial charge in [0.2, 0.25) is 0 Å². The Labute approximate surface area is 269 Å². The molecule has 0 aromatic heterocycles. The van der Waals surface area contributed by atoms with Gasteiger partial charge in [-0.2, -0.15) is 0 Å². The average molecular weight is 758 g/mol. The van der Waals surface area contributed by atoms with E-state index in [0.29, 0.717) is 7.35 Å². The maximum atomic E-state index is 2.57. The molecule has 0 N–H and O–H groups in total. The number of benzene rings is 4. The smallest absolute Gasteiger partial charge is 1.00 e. The molecule has 0 nitrogen and oxygen atoms in total. The van der Waals surface area contributed by atoms with Gasteiger partial charge in [0, 0.05) is 0 Å². The SMILES string of the molecule is CCc1ccc(-c2cccc3c2C=C(C)[CH]3[Hf+2]2([CH]3C(C)=Cc4c(-c5ccc(CC)cc5)cccc43)[CH2]C[CH2]2)cc1.[Cl-].[Cl-]. The normalized spacial score (nSPS) is 18.7. The van der Waals surface area contributed by atoms with Crippen molar-refractivity contribution in [2.45, 2.75) is 62.7 Å². The molecular weight excluding hydrogens is 718 g/mol. The van der Waals surface area contributed by atoms with Crippen LogP contribution < -0.4 is 24.8 Å². The van der Waals surface area contributed by atoms with Gasteiger partial charge in [0.25, 0.3) is 0 Å². The van der Waals surface area contributed by atoms with Crippen molar-refractivity contribution in [3.05, 3.63) is 129 Å². The molecule has 3 aliphatic rings. The molecule has 2 unspecified atom stereocenters. The second-order valence-electron chi connectivity index (χ2n) is 12.4. The third-order valence-electron chi connectivity index (χ3n) is 10.3. The molecular formula is C39H40Cl2Hf. The van der Waals surface area contributed by atoms with E-state index in [0.717, 1.165) is 12.8 Å². The van der Waals surface area contributed by atoms with Crippen molar-refractivity contribution in [2.24, 2.45) is 0 Å². The summed E-state index contributed by atoms with van der Waals surface area (Å²) in [6.07, 6.45) is 8.75. The van der Waals surface area contributed by atoms with Gasteiger partial charge in [-0.3, -0.25) is 0 Å².